The van der Waals surface area contributed by atoms with Crippen LogP contribution in [0.25, 0.3) is 0 Å². The third kappa shape index (κ3) is 4.36. The Hall–Kier alpha value is -1.33. The zero-order valence-electron chi connectivity index (χ0n) is 10.8. The molecular weight excluding hydrogens is 268 g/mol. The van der Waals surface area contributed by atoms with Gasteiger partial charge >= 0.3 is 5.69 Å². The van der Waals surface area contributed by atoms with Crippen LogP contribution < -0.4 is 10.1 Å². The molecule has 2 rings (SSSR count). The first-order valence-electron chi connectivity index (χ1n) is 6.36. The summed E-state index contributed by atoms with van der Waals surface area (Å²) in [6, 6.07) is 5.11. The van der Waals surface area contributed by atoms with Gasteiger partial charge in [-0.1, -0.05) is 18.5 Å². The highest BCUT2D eigenvalue weighted by molar-refractivity contribution is 6.30. The van der Waals surface area contributed by atoms with E-state index in [1.54, 1.807) is 12.1 Å². The molecule has 1 N–H and O–H groups in total. The van der Waals surface area contributed by atoms with Crippen molar-refractivity contribution in [1.82, 2.24) is 5.32 Å². The monoisotopic (exact) mass is 284 g/mol. The third-order valence-corrected chi connectivity index (χ3v) is 3.21. The Morgan fingerprint density at radius 3 is 2.95 bits per heavy atom. The van der Waals surface area contributed by atoms with E-state index in [2.05, 4.69) is 12.2 Å². The summed E-state index contributed by atoms with van der Waals surface area (Å²) in [4.78, 5) is 10.4. The normalized spacial score (nSPS) is 16.1. The second-order valence-electron chi connectivity index (χ2n) is 4.97. The van der Waals surface area contributed by atoms with Gasteiger partial charge in [0.1, 0.15) is 0 Å². The second kappa shape index (κ2) is 6.21. The highest BCUT2D eigenvalue weighted by Crippen LogP contribution is 2.30. The molecule has 1 aromatic carbocycles. The van der Waals surface area contributed by atoms with Crippen molar-refractivity contribution in [3.8, 4) is 5.75 Å². The summed E-state index contributed by atoms with van der Waals surface area (Å²) in [5.41, 5.74) is -0.0881. The largest absolute Gasteiger partial charge is 0.486 e. The lowest BCUT2D eigenvalue weighted by atomic mass is 10.2. The summed E-state index contributed by atoms with van der Waals surface area (Å²) in [7, 11) is 0. The quantitative estimate of drug-likeness (QED) is 0.617. The Kier molecular flexibility index (Phi) is 4.61. The Bertz CT molecular complexity index is 463. The van der Waals surface area contributed by atoms with Crippen molar-refractivity contribution in [3.05, 3.63) is 33.3 Å². The number of benzene rings is 1. The highest BCUT2D eigenvalue weighted by atomic mass is 35.5. The van der Waals surface area contributed by atoms with E-state index >= 15 is 0 Å². The zero-order chi connectivity index (χ0) is 13.8. The number of nitro groups is 1. The maximum Gasteiger partial charge on any atom is 0.312 e. The predicted octanol–water partition coefficient (Wildman–Crippen LogP) is 3.02. The summed E-state index contributed by atoms with van der Waals surface area (Å²) in [5.74, 6) is 0.573. The number of nitrogens with one attached hydrogen (secondary N) is 1. The van der Waals surface area contributed by atoms with Gasteiger partial charge in [0, 0.05) is 29.6 Å². The van der Waals surface area contributed by atoms with Gasteiger partial charge in [0.25, 0.3) is 0 Å². The lowest BCUT2D eigenvalue weighted by molar-refractivity contribution is -0.385. The standard InChI is InChI=1S/C13H17ClN2O3/c1-9(7-15-11-3-4-11)8-19-13-5-2-10(14)6-12(13)16(17)18/h2,5-6,9,11,15H,3-4,7-8H2,1H3. The van der Waals surface area contributed by atoms with E-state index in [0.717, 1.165) is 6.54 Å². The molecular formula is C13H17ClN2O3. The summed E-state index contributed by atoms with van der Waals surface area (Å²) < 4.78 is 5.53. The number of rotatable bonds is 7. The molecule has 0 radical (unpaired) electrons. The molecule has 0 spiro atoms. The minimum Gasteiger partial charge on any atom is -0.486 e. The fraction of sp³-hybridized carbons (Fsp3) is 0.538. The minimum absolute atomic E-state index is 0.0881. The summed E-state index contributed by atoms with van der Waals surface area (Å²) in [5, 5.41) is 14.6. The van der Waals surface area contributed by atoms with Gasteiger partial charge in [-0.15, -0.1) is 0 Å². The second-order valence-corrected chi connectivity index (χ2v) is 5.40. The van der Waals surface area contributed by atoms with Crippen LogP contribution in [0.4, 0.5) is 5.69 Å². The molecule has 0 heterocycles. The topological polar surface area (TPSA) is 64.4 Å². The van der Waals surface area contributed by atoms with Crippen molar-refractivity contribution in [2.45, 2.75) is 25.8 Å². The fourth-order valence-electron chi connectivity index (χ4n) is 1.70. The zero-order valence-corrected chi connectivity index (χ0v) is 11.5. The molecule has 1 unspecified atom stereocenters. The van der Waals surface area contributed by atoms with Crippen LogP contribution in [0.5, 0.6) is 5.75 Å². The molecule has 19 heavy (non-hydrogen) atoms. The maximum atomic E-state index is 10.9. The molecule has 0 aromatic heterocycles. The van der Waals surface area contributed by atoms with Crippen LogP contribution in [0, 0.1) is 16.0 Å². The Morgan fingerprint density at radius 1 is 1.58 bits per heavy atom. The van der Waals surface area contributed by atoms with Gasteiger partial charge in [0.15, 0.2) is 5.75 Å². The van der Waals surface area contributed by atoms with Crippen molar-refractivity contribution in [1.29, 1.82) is 0 Å². The summed E-state index contributed by atoms with van der Waals surface area (Å²) in [6.07, 6.45) is 2.49. The first-order valence-corrected chi connectivity index (χ1v) is 6.74. The molecule has 0 amide bonds. The van der Waals surface area contributed by atoms with Gasteiger partial charge < -0.3 is 10.1 Å². The number of halogens is 1. The Balaban J connectivity index is 1.88. The number of hydrogen-bond donors (Lipinski definition) is 1. The van der Waals surface area contributed by atoms with Gasteiger partial charge in [0.05, 0.1) is 11.5 Å². The molecule has 1 aliphatic rings. The van der Waals surface area contributed by atoms with Crippen LogP contribution in [0.2, 0.25) is 5.02 Å². The molecule has 1 fully saturated rings. The maximum absolute atomic E-state index is 10.9. The molecule has 0 aliphatic heterocycles. The average molecular weight is 285 g/mol. The number of nitro benzene ring substituents is 1. The molecule has 1 aliphatic carbocycles. The van der Waals surface area contributed by atoms with Crippen molar-refractivity contribution in [2.24, 2.45) is 5.92 Å². The van der Waals surface area contributed by atoms with Gasteiger partial charge in [0.2, 0.25) is 0 Å². The van der Waals surface area contributed by atoms with Crippen LogP contribution in [0.3, 0.4) is 0 Å². The molecule has 1 atom stereocenters. The van der Waals surface area contributed by atoms with Crippen LogP contribution in [-0.4, -0.2) is 24.1 Å². The highest BCUT2D eigenvalue weighted by Gasteiger charge is 2.21. The van der Waals surface area contributed by atoms with Crippen LogP contribution >= 0.6 is 11.6 Å². The SMILES string of the molecule is CC(CNC1CC1)COc1ccc(Cl)cc1[N+](=O)[O-]. The molecule has 1 aromatic rings. The lowest BCUT2D eigenvalue weighted by Gasteiger charge is -2.13. The van der Waals surface area contributed by atoms with Crippen LogP contribution in [-0.2, 0) is 0 Å². The molecule has 1 saturated carbocycles. The molecule has 104 valence electrons. The van der Waals surface area contributed by atoms with Crippen molar-refractivity contribution in [2.75, 3.05) is 13.2 Å². The lowest BCUT2D eigenvalue weighted by Crippen LogP contribution is -2.26. The van der Waals surface area contributed by atoms with E-state index in [0.29, 0.717) is 23.6 Å². The van der Waals surface area contributed by atoms with E-state index in [4.69, 9.17) is 16.3 Å². The van der Waals surface area contributed by atoms with Gasteiger partial charge in [-0.05, 0) is 25.0 Å². The molecule has 0 bridgehead atoms. The van der Waals surface area contributed by atoms with Gasteiger partial charge in [-0.25, -0.2) is 0 Å². The molecule has 6 heteroatoms. The number of nitrogens with zero attached hydrogens (tertiary/aromatic N) is 1. The van der Waals surface area contributed by atoms with Crippen molar-refractivity contribution >= 4 is 17.3 Å². The third-order valence-electron chi connectivity index (χ3n) is 2.97. The van der Waals surface area contributed by atoms with E-state index in [1.165, 1.54) is 18.9 Å². The molecule has 0 saturated heterocycles. The van der Waals surface area contributed by atoms with E-state index < -0.39 is 4.92 Å². The van der Waals surface area contributed by atoms with Crippen LogP contribution in [0.15, 0.2) is 18.2 Å². The van der Waals surface area contributed by atoms with E-state index in [9.17, 15) is 10.1 Å². The fourth-order valence-corrected chi connectivity index (χ4v) is 1.87. The number of ether oxygens (including phenoxy) is 1. The summed E-state index contributed by atoms with van der Waals surface area (Å²) in [6.45, 7) is 3.37. The van der Waals surface area contributed by atoms with E-state index in [-0.39, 0.29) is 11.4 Å². The van der Waals surface area contributed by atoms with Crippen LogP contribution in [0.1, 0.15) is 19.8 Å². The Labute approximate surface area is 117 Å². The van der Waals surface area contributed by atoms with Crippen molar-refractivity contribution < 1.29 is 9.66 Å². The van der Waals surface area contributed by atoms with E-state index in [1.807, 2.05) is 0 Å². The first-order chi connectivity index (χ1) is 9.06. The van der Waals surface area contributed by atoms with Crippen molar-refractivity contribution in [3.63, 3.8) is 0 Å². The smallest absolute Gasteiger partial charge is 0.312 e. The predicted molar refractivity (Wildman–Crippen MR) is 73.8 cm³/mol. The Morgan fingerprint density at radius 2 is 2.32 bits per heavy atom. The molecule has 5 nitrogen and oxygen atoms in total. The van der Waals surface area contributed by atoms with Gasteiger partial charge in [-0.2, -0.15) is 0 Å². The minimum atomic E-state index is -0.478. The first kappa shape index (κ1) is 14.1. The van der Waals surface area contributed by atoms with Gasteiger partial charge in [-0.3, -0.25) is 10.1 Å². The average Bonchev–Trinajstić information content (AvgIpc) is 3.18. The summed E-state index contributed by atoms with van der Waals surface area (Å²) >= 11 is 5.75. The number of hydrogen-bond acceptors (Lipinski definition) is 4.